The summed E-state index contributed by atoms with van der Waals surface area (Å²) in [5.41, 5.74) is 10.9. The highest BCUT2D eigenvalue weighted by molar-refractivity contribution is 5.95. The van der Waals surface area contributed by atoms with Crippen LogP contribution in [0.5, 0.6) is 0 Å². The van der Waals surface area contributed by atoms with E-state index in [0.717, 1.165) is 0 Å². The Kier molecular flexibility index (Phi) is 4.86. The lowest BCUT2D eigenvalue weighted by Crippen LogP contribution is -2.31. The minimum Gasteiger partial charge on any atom is -0.393 e. The molecular weight excluding hydrogens is 287 g/mol. The van der Waals surface area contributed by atoms with Crippen LogP contribution in [0.1, 0.15) is 10.4 Å². The number of hydrazine groups is 1. The number of nitrogens with zero attached hydrogens (tertiary/aromatic N) is 2. The third kappa shape index (κ3) is 3.48. The van der Waals surface area contributed by atoms with Crippen LogP contribution in [0.25, 0.3) is 0 Å². The molecule has 0 saturated carbocycles. The van der Waals surface area contributed by atoms with Crippen molar-refractivity contribution in [1.29, 1.82) is 0 Å². The average molecular weight is 302 g/mol. The number of carbonyl (C=O) groups is 1. The van der Waals surface area contributed by atoms with Gasteiger partial charge in [-0.2, -0.15) is 0 Å². The summed E-state index contributed by atoms with van der Waals surface area (Å²) in [5, 5.41) is 2.92. The number of nitrogens with two attached hydrogens (primary N) is 1. The zero-order chi connectivity index (χ0) is 15.9. The number of benzene rings is 1. The lowest BCUT2D eigenvalue weighted by Gasteiger charge is -2.12. The molecule has 2 rings (SSSR count). The van der Waals surface area contributed by atoms with Crippen molar-refractivity contribution in [3.63, 3.8) is 0 Å². The summed E-state index contributed by atoms with van der Waals surface area (Å²) in [4.78, 5) is 19.8. The Morgan fingerprint density at radius 1 is 1.32 bits per heavy atom. The second-order valence-corrected chi connectivity index (χ2v) is 4.21. The minimum atomic E-state index is -0.642. The van der Waals surface area contributed by atoms with Crippen LogP contribution in [-0.4, -0.2) is 22.4 Å². The van der Waals surface area contributed by atoms with Crippen LogP contribution >= 0.6 is 0 Å². The molecule has 0 atom stereocenters. The average Bonchev–Trinajstić information content (AvgIpc) is 2.53. The number of rotatable bonds is 6. The van der Waals surface area contributed by atoms with Gasteiger partial charge in [0, 0.05) is 6.54 Å². The molecule has 0 spiro atoms. The van der Waals surface area contributed by atoms with E-state index < -0.39 is 11.7 Å². The van der Waals surface area contributed by atoms with E-state index in [4.69, 9.17) is 5.73 Å². The molecule has 8 heteroatoms. The monoisotopic (exact) mass is 302 g/mol. The summed E-state index contributed by atoms with van der Waals surface area (Å²) < 4.78 is 13.5. The first-order valence-electron chi connectivity index (χ1n) is 6.39. The standard InChI is InChI=1S/C14H15FN6O/c1-2-7-17-12-11(16)13(19-8-18-12)20-21-14(22)9-5-3-4-6-10(9)15/h2-6,8H,1,7,16H2,(H,21,22)(H2,17,18,19,20). The number of hydrogen-bond acceptors (Lipinski definition) is 6. The lowest BCUT2D eigenvalue weighted by atomic mass is 10.2. The number of nitrogens with one attached hydrogen (secondary N) is 3. The Balaban J connectivity index is 2.07. The van der Waals surface area contributed by atoms with Gasteiger partial charge < -0.3 is 11.1 Å². The maximum Gasteiger partial charge on any atom is 0.272 e. The quantitative estimate of drug-likeness (QED) is 0.477. The number of carbonyl (C=O) groups excluding carboxylic acids is 1. The molecule has 0 bridgehead atoms. The molecule has 7 nitrogen and oxygen atoms in total. The van der Waals surface area contributed by atoms with E-state index in [0.29, 0.717) is 12.4 Å². The largest absolute Gasteiger partial charge is 0.393 e. The second kappa shape index (κ2) is 7.02. The zero-order valence-corrected chi connectivity index (χ0v) is 11.6. The van der Waals surface area contributed by atoms with Crippen molar-refractivity contribution in [3.05, 3.63) is 54.6 Å². The molecule has 0 aliphatic heterocycles. The molecule has 1 heterocycles. The third-order valence-corrected chi connectivity index (χ3v) is 2.71. The van der Waals surface area contributed by atoms with Crippen LogP contribution in [0, 0.1) is 5.82 Å². The molecule has 0 aliphatic rings. The predicted molar refractivity (Wildman–Crippen MR) is 82.6 cm³/mol. The fourth-order valence-electron chi connectivity index (χ4n) is 1.63. The predicted octanol–water partition coefficient (Wildman–Crippen LogP) is 1.55. The molecular formula is C14H15FN6O. The van der Waals surface area contributed by atoms with Crippen molar-refractivity contribution in [2.45, 2.75) is 0 Å². The van der Waals surface area contributed by atoms with E-state index in [9.17, 15) is 9.18 Å². The third-order valence-electron chi connectivity index (χ3n) is 2.71. The number of nitrogen functional groups attached to an aromatic ring is 1. The van der Waals surface area contributed by atoms with Gasteiger partial charge >= 0.3 is 0 Å². The van der Waals surface area contributed by atoms with Crippen LogP contribution in [0.2, 0.25) is 0 Å². The number of amides is 1. The van der Waals surface area contributed by atoms with E-state index in [2.05, 4.69) is 32.7 Å². The number of anilines is 3. The Bertz CT molecular complexity index is 691. The number of halogens is 1. The zero-order valence-electron chi connectivity index (χ0n) is 11.6. The highest BCUT2D eigenvalue weighted by Crippen LogP contribution is 2.21. The summed E-state index contributed by atoms with van der Waals surface area (Å²) in [6, 6.07) is 5.63. The molecule has 1 aromatic carbocycles. The van der Waals surface area contributed by atoms with Crippen LogP contribution < -0.4 is 21.9 Å². The smallest absolute Gasteiger partial charge is 0.272 e. The van der Waals surface area contributed by atoms with E-state index in [1.807, 2.05) is 0 Å². The van der Waals surface area contributed by atoms with Crippen molar-refractivity contribution in [2.75, 3.05) is 23.0 Å². The van der Waals surface area contributed by atoms with Crippen molar-refractivity contribution in [3.8, 4) is 0 Å². The lowest BCUT2D eigenvalue weighted by molar-refractivity contribution is 0.0958. The van der Waals surface area contributed by atoms with Crippen LogP contribution in [-0.2, 0) is 0 Å². The topological polar surface area (TPSA) is 105 Å². The molecule has 0 fully saturated rings. The van der Waals surface area contributed by atoms with Crippen molar-refractivity contribution in [2.24, 2.45) is 0 Å². The molecule has 114 valence electrons. The first-order valence-corrected chi connectivity index (χ1v) is 6.39. The Labute approximate surface area is 126 Å². The molecule has 0 aliphatic carbocycles. The van der Waals surface area contributed by atoms with Gasteiger partial charge in [-0.15, -0.1) is 6.58 Å². The summed E-state index contributed by atoms with van der Waals surface area (Å²) >= 11 is 0. The highest BCUT2D eigenvalue weighted by atomic mass is 19.1. The maximum absolute atomic E-state index is 13.5. The van der Waals surface area contributed by atoms with Gasteiger partial charge in [-0.25, -0.2) is 14.4 Å². The summed E-state index contributed by atoms with van der Waals surface area (Å²) in [6.45, 7) is 4.05. The normalized spacial score (nSPS) is 9.86. The van der Waals surface area contributed by atoms with E-state index >= 15 is 0 Å². The maximum atomic E-state index is 13.5. The molecule has 0 radical (unpaired) electrons. The van der Waals surface area contributed by atoms with Gasteiger partial charge in [0.15, 0.2) is 11.6 Å². The van der Waals surface area contributed by atoms with Crippen LogP contribution in [0.15, 0.2) is 43.2 Å². The highest BCUT2D eigenvalue weighted by Gasteiger charge is 2.12. The van der Waals surface area contributed by atoms with Crippen molar-refractivity contribution < 1.29 is 9.18 Å². The van der Waals surface area contributed by atoms with Gasteiger partial charge in [-0.05, 0) is 12.1 Å². The summed E-state index contributed by atoms with van der Waals surface area (Å²) in [5.74, 6) is -0.661. The summed E-state index contributed by atoms with van der Waals surface area (Å²) in [6.07, 6.45) is 2.92. The molecule has 0 saturated heterocycles. The van der Waals surface area contributed by atoms with Gasteiger partial charge in [0.05, 0.1) is 5.56 Å². The van der Waals surface area contributed by atoms with Gasteiger partial charge in [0.25, 0.3) is 5.91 Å². The Morgan fingerprint density at radius 3 is 2.77 bits per heavy atom. The van der Waals surface area contributed by atoms with Crippen molar-refractivity contribution >= 4 is 23.2 Å². The Hall–Kier alpha value is -3.16. The molecule has 1 aromatic heterocycles. The van der Waals surface area contributed by atoms with E-state index in [-0.39, 0.29) is 17.1 Å². The molecule has 0 unspecified atom stereocenters. The molecule has 5 N–H and O–H groups in total. The van der Waals surface area contributed by atoms with Crippen molar-refractivity contribution in [1.82, 2.24) is 15.4 Å². The van der Waals surface area contributed by atoms with E-state index in [1.165, 1.54) is 24.5 Å². The van der Waals surface area contributed by atoms with Gasteiger partial charge in [-0.1, -0.05) is 18.2 Å². The molecule has 22 heavy (non-hydrogen) atoms. The van der Waals surface area contributed by atoms with Crippen LogP contribution in [0.3, 0.4) is 0 Å². The second-order valence-electron chi connectivity index (χ2n) is 4.21. The molecule has 2 aromatic rings. The number of aromatic nitrogens is 2. The van der Waals surface area contributed by atoms with Crippen LogP contribution in [0.4, 0.5) is 21.7 Å². The van der Waals surface area contributed by atoms with Gasteiger partial charge in [-0.3, -0.25) is 15.6 Å². The Morgan fingerprint density at radius 2 is 2.05 bits per heavy atom. The SMILES string of the molecule is C=CCNc1ncnc(NNC(=O)c2ccccc2F)c1N. The fraction of sp³-hybridized carbons (Fsp3) is 0.0714. The van der Waals surface area contributed by atoms with Gasteiger partial charge in [0.1, 0.15) is 17.8 Å². The molecule has 1 amide bonds. The number of hydrogen-bond donors (Lipinski definition) is 4. The minimum absolute atomic E-state index is 0.0902. The first kappa shape index (κ1) is 15.2. The summed E-state index contributed by atoms with van der Waals surface area (Å²) in [7, 11) is 0. The van der Waals surface area contributed by atoms with E-state index in [1.54, 1.807) is 12.1 Å². The van der Waals surface area contributed by atoms with Gasteiger partial charge in [0.2, 0.25) is 0 Å². The fourth-order valence-corrected chi connectivity index (χ4v) is 1.63. The first-order chi connectivity index (χ1) is 10.6.